The van der Waals surface area contributed by atoms with Gasteiger partial charge in [-0.3, -0.25) is 0 Å². The second-order valence-electron chi connectivity index (χ2n) is 16.9. The van der Waals surface area contributed by atoms with Gasteiger partial charge in [0.2, 0.25) is 0 Å². The fourth-order valence-corrected chi connectivity index (χ4v) is 16.8. The third-order valence-electron chi connectivity index (χ3n) is 11.9. The van der Waals surface area contributed by atoms with E-state index in [1.54, 1.807) is 0 Å². The smallest absolute Gasteiger partial charge is 0.258 e. The number of rotatable bonds is 26. The topological polar surface area (TPSA) is 38.9 Å². The van der Waals surface area contributed by atoms with E-state index >= 15 is 0 Å². The summed E-state index contributed by atoms with van der Waals surface area (Å²) in [5.41, 5.74) is 2.81. The number of aryl methyl sites for hydroxylation is 2. The summed E-state index contributed by atoms with van der Waals surface area (Å²) in [5.74, 6) is 1.25. The highest BCUT2D eigenvalue weighted by Gasteiger charge is 2.22. The van der Waals surface area contributed by atoms with Crippen LogP contribution in [0.3, 0.4) is 0 Å². The van der Waals surface area contributed by atoms with Crippen LogP contribution >= 0.6 is 90.7 Å². The van der Waals surface area contributed by atoms with E-state index in [1.165, 1.54) is 172 Å². The summed E-state index contributed by atoms with van der Waals surface area (Å²) >= 11 is 14.8. The minimum absolute atomic E-state index is 0.626. The van der Waals surface area contributed by atoms with Gasteiger partial charge in [0.05, 0.1) is 9.75 Å². The van der Waals surface area contributed by atoms with Crippen molar-refractivity contribution in [1.29, 1.82) is 0 Å². The Morgan fingerprint density at radius 1 is 0.354 bits per heavy atom. The van der Waals surface area contributed by atoms with Gasteiger partial charge >= 0.3 is 0 Å². The summed E-state index contributed by atoms with van der Waals surface area (Å²) in [6, 6.07) is 31.8. The van der Waals surface area contributed by atoms with Gasteiger partial charge in [-0.25, -0.2) is 0 Å². The van der Waals surface area contributed by atoms with E-state index in [4.69, 9.17) is 14.6 Å². The van der Waals surface area contributed by atoms with Crippen LogP contribution in [0.15, 0.2) is 100 Å². The third kappa shape index (κ3) is 12.1. The molecule has 338 valence electrons. The quantitative estimate of drug-likeness (QED) is 0.0508. The molecule has 0 bridgehead atoms. The molecular weight excluding hydrogens is 949 g/mol. The van der Waals surface area contributed by atoms with Crippen LogP contribution in [0.1, 0.15) is 128 Å². The molecule has 9 heterocycles. The van der Waals surface area contributed by atoms with E-state index < -0.39 is 0 Å². The number of unbranched alkanes of at least 4 members (excludes halogenated alkanes) is 14. The maximum atomic E-state index is 6.68. The Hall–Kier alpha value is -3.26. The Bertz CT molecular complexity index is 2590. The van der Waals surface area contributed by atoms with Crippen LogP contribution in [-0.4, -0.2) is 10.2 Å². The maximum Gasteiger partial charge on any atom is 0.258 e. The zero-order valence-corrected chi connectivity index (χ0v) is 44.1. The van der Waals surface area contributed by atoms with E-state index in [0.29, 0.717) is 11.8 Å². The molecule has 0 saturated carbocycles. The Balaban J connectivity index is 0.955. The van der Waals surface area contributed by atoms with Gasteiger partial charge in [-0.2, -0.15) is 0 Å². The monoisotopic (exact) mass is 1010 g/mol. The molecular formula is C54H58N2OS8. The van der Waals surface area contributed by atoms with Crippen LogP contribution in [0, 0.1) is 0 Å². The molecule has 0 aliphatic heterocycles. The Morgan fingerprint density at radius 3 is 1.06 bits per heavy atom. The molecule has 0 unspecified atom stereocenters. The summed E-state index contributed by atoms with van der Waals surface area (Å²) in [6.45, 7) is 4.59. The largest absolute Gasteiger partial charge is 0.414 e. The van der Waals surface area contributed by atoms with E-state index in [1.807, 2.05) is 90.7 Å². The normalized spacial score (nSPS) is 11.7. The molecule has 0 saturated heterocycles. The van der Waals surface area contributed by atoms with Gasteiger partial charge in [-0.1, -0.05) is 116 Å². The van der Waals surface area contributed by atoms with Crippen LogP contribution in [-0.2, 0) is 12.8 Å². The lowest BCUT2D eigenvalue weighted by atomic mass is 10.0. The van der Waals surface area contributed by atoms with Gasteiger partial charge < -0.3 is 4.42 Å². The van der Waals surface area contributed by atoms with Crippen LogP contribution in [0.25, 0.3) is 80.1 Å². The van der Waals surface area contributed by atoms with Crippen molar-refractivity contribution in [2.75, 3.05) is 0 Å². The molecule has 0 fully saturated rings. The van der Waals surface area contributed by atoms with Gasteiger partial charge in [0.1, 0.15) is 0 Å². The molecule has 3 nitrogen and oxygen atoms in total. The van der Waals surface area contributed by atoms with E-state index in [9.17, 15) is 0 Å². The lowest BCUT2D eigenvalue weighted by Gasteiger charge is -2.03. The molecule has 9 rings (SSSR count). The number of hydrogen-bond donors (Lipinski definition) is 0. The van der Waals surface area contributed by atoms with Crippen molar-refractivity contribution < 1.29 is 4.42 Å². The van der Waals surface area contributed by atoms with Crippen LogP contribution in [0.4, 0.5) is 0 Å². The van der Waals surface area contributed by atoms with Crippen molar-refractivity contribution in [2.24, 2.45) is 0 Å². The van der Waals surface area contributed by atoms with Crippen molar-refractivity contribution in [3.63, 3.8) is 0 Å². The number of aromatic nitrogens is 2. The van der Waals surface area contributed by atoms with Gasteiger partial charge in [0, 0.05) is 58.5 Å². The minimum atomic E-state index is 0.626. The van der Waals surface area contributed by atoms with Crippen LogP contribution in [0.2, 0.25) is 0 Å². The first-order chi connectivity index (χ1) is 32.1. The first kappa shape index (κ1) is 46.8. The first-order valence-electron chi connectivity index (χ1n) is 23.7. The zero-order chi connectivity index (χ0) is 44.2. The summed E-state index contributed by atoms with van der Waals surface area (Å²) in [6.07, 6.45) is 23.2. The highest BCUT2D eigenvalue weighted by atomic mass is 32.1. The van der Waals surface area contributed by atoms with Gasteiger partial charge in [-0.15, -0.1) is 101 Å². The average Bonchev–Trinajstić information content (AvgIpc) is 4.17. The number of nitrogens with zero attached hydrogens (tertiary/aromatic N) is 2. The van der Waals surface area contributed by atoms with Crippen molar-refractivity contribution in [3.05, 3.63) is 107 Å². The summed E-state index contributed by atoms with van der Waals surface area (Å²) in [5, 5.41) is 13.8. The molecule has 0 spiro atoms. The third-order valence-corrected chi connectivity index (χ3v) is 21.5. The molecule has 0 radical (unpaired) electrons. The summed E-state index contributed by atoms with van der Waals surface area (Å²) in [7, 11) is 0. The first-order valence-corrected chi connectivity index (χ1v) is 30.4. The zero-order valence-electron chi connectivity index (χ0n) is 37.5. The maximum absolute atomic E-state index is 6.68. The summed E-state index contributed by atoms with van der Waals surface area (Å²) in [4.78, 5) is 18.2. The molecule has 0 atom stereocenters. The molecule has 0 aliphatic carbocycles. The number of thiophene rings is 8. The highest BCUT2D eigenvalue weighted by molar-refractivity contribution is 7.30. The molecule has 65 heavy (non-hydrogen) atoms. The van der Waals surface area contributed by atoms with Crippen molar-refractivity contribution >= 4 is 90.7 Å². The number of hydrogen-bond acceptors (Lipinski definition) is 11. The van der Waals surface area contributed by atoms with Gasteiger partial charge in [0.25, 0.3) is 11.8 Å². The lowest BCUT2D eigenvalue weighted by Crippen LogP contribution is -1.86. The van der Waals surface area contributed by atoms with Crippen LogP contribution in [0.5, 0.6) is 0 Å². The summed E-state index contributed by atoms with van der Waals surface area (Å²) < 4.78 is 6.68. The van der Waals surface area contributed by atoms with Crippen molar-refractivity contribution in [3.8, 4) is 80.1 Å². The Labute approximate surface area is 418 Å². The fraction of sp³-hybridized carbons (Fsp3) is 0.370. The van der Waals surface area contributed by atoms with E-state index in [2.05, 4.69) is 110 Å². The predicted octanol–water partition coefficient (Wildman–Crippen LogP) is 21.3. The SMILES string of the molecule is CCCCCCCCCCc1cc(-c2nnc(-c3cc(CCCCCCCCCC)c(-c4ccc(-c5ccc(-c6cccs6)s5)s4)s3)o2)sc1-c1ccc(-c2ccc(-c3cccs3)s2)s1. The molecule has 11 heteroatoms. The van der Waals surface area contributed by atoms with Crippen LogP contribution < -0.4 is 0 Å². The molecule has 9 aromatic rings. The second kappa shape index (κ2) is 23.6. The molecule has 0 amide bonds. The van der Waals surface area contributed by atoms with Gasteiger partial charge in [0.15, 0.2) is 0 Å². The van der Waals surface area contributed by atoms with Crippen molar-refractivity contribution in [1.82, 2.24) is 10.2 Å². The minimum Gasteiger partial charge on any atom is -0.414 e. The second-order valence-corrected chi connectivity index (χ2v) is 25.2. The van der Waals surface area contributed by atoms with Crippen molar-refractivity contribution in [2.45, 2.75) is 129 Å². The van der Waals surface area contributed by atoms with Gasteiger partial charge in [-0.05, 0) is 120 Å². The lowest BCUT2D eigenvalue weighted by molar-refractivity contribution is 0.575. The highest BCUT2D eigenvalue weighted by Crippen LogP contribution is 2.48. The molecule has 0 aromatic carbocycles. The average molecular weight is 1010 g/mol. The molecule has 0 N–H and O–H groups in total. The molecule has 9 aromatic heterocycles. The van der Waals surface area contributed by atoms with E-state index in [0.717, 1.165) is 22.6 Å². The fourth-order valence-electron chi connectivity index (χ4n) is 8.41. The molecule has 0 aliphatic rings. The predicted molar refractivity (Wildman–Crippen MR) is 293 cm³/mol. The van der Waals surface area contributed by atoms with E-state index in [-0.39, 0.29) is 0 Å². The Kier molecular flexibility index (Phi) is 17.0. The Morgan fingerprint density at radius 2 is 0.692 bits per heavy atom. The standard InChI is InChI=1S/C54H58N2OS8/c1-3-5-7-9-11-13-15-17-21-37-35-49(64-51(37)47-31-29-45(62-47)43-27-25-41(60-43)39-23-19-33-58-39)53-55-56-54(57-53)50-36-38(22-18-16-14-12-10-8-6-4-2)52(65-50)48-32-30-46(63-48)44-28-26-42(61-44)40-24-20-34-59-40/h19-20,23-36H,3-18,21-22H2,1-2H3.